The Hall–Kier alpha value is -2.65. The number of esters is 1. The molecule has 9 nitrogen and oxygen atoms in total. The molecule has 2 N–H and O–H groups in total. The van der Waals surface area contributed by atoms with Gasteiger partial charge in [-0.1, -0.05) is 23.2 Å². The maximum atomic E-state index is 12.6. The fraction of sp³-hybridized carbons (Fsp3) is 0.421. The summed E-state index contributed by atoms with van der Waals surface area (Å²) in [4.78, 5) is 63.2. The van der Waals surface area contributed by atoms with Gasteiger partial charge in [0.2, 0.25) is 5.91 Å². The predicted molar refractivity (Wildman–Crippen MR) is 106 cm³/mol. The number of carbonyl (C=O) groups excluding carboxylic acids is 5. The number of imide groups is 1. The van der Waals surface area contributed by atoms with E-state index in [9.17, 15) is 24.0 Å². The van der Waals surface area contributed by atoms with Crippen molar-refractivity contribution in [1.29, 1.82) is 0 Å². The van der Waals surface area contributed by atoms with Gasteiger partial charge in [-0.3, -0.25) is 24.1 Å². The smallest absolute Gasteiger partial charge is 0.329 e. The van der Waals surface area contributed by atoms with E-state index in [1.165, 1.54) is 24.0 Å². The van der Waals surface area contributed by atoms with Crippen molar-refractivity contribution >= 4 is 52.8 Å². The largest absolute Gasteiger partial charge is 0.454 e. The fourth-order valence-electron chi connectivity index (χ4n) is 3.47. The molecule has 0 aromatic heterocycles. The Labute approximate surface area is 182 Å². The number of nitrogens with two attached hydrogens (primary N) is 1. The summed E-state index contributed by atoms with van der Waals surface area (Å²) in [6.07, 6.45) is 0.900. The fourth-order valence-corrected chi connectivity index (χ4v) is 3.80. The lowest BCUT2D eigenvalue weighted by atomic mass is 9.96. The Morgan fingerprint density at radius 1 is 1.10 bits per heavy atom. The van der Waals surface area contributed by atoms with Crippen LogP contribution < -0.4 is 5.73 Å². The molecule has 1 atom stereocenters. The van der Waals surface area contributed by atoms with Crippen molar-refractivity contribution < 1.29 is 28.7 Å². The van der Waals surface area contributed by atoms with Crippen LogP contribution in [0.15, 0.2) is 12.1 Å². The molecule has 1 aromatic carbocycles. The molecule has 11 heteroatoms. The number of halogens is 2. The number of benzene rings is 1. The highest BCUT2D eigenvalue weighted by molar-refractivity contribution is 6.43. The number of nitrogens with zero attached hydrogens (tertiary/aromatic N) is 2. The van der Waals surface area contributed by atoms with Gasteiger partial charge in [0.25, 0.3) is 17.7 Å². The van der Waals surface area contributed by atoms with Gasteiger partial charge in [0.05, 0.1) is 21.2 Å². The molecule has 1 fully saturated rings. The van der Waals surface area contributed by atoms with Gasteiger partial charge < -0.3 is 15.4 Å². The number of fused-ring (bicyclic) bond motifs is 1. The maximum absolute atomic E-state index is 12.6. The molecule has 30 heavy (non-hydrogen) atoms. The summed E-state index contributed by atoms with van der Waals surface area (Å²) in [5.74, 6) is -3.39. The average Bonchev–Trinajstić information content (AvgIpc) is 2.95. The lowest BCUT2D eigenvalue weighted by Crippen LogP contribution is -2.46. The monoisotopic (exact) mass is 455 g/mol. The van der Waals surface area contributed by atoms with E-state index in [1.54, 1.807) is 0 Å². The molecule has 3 rings (SSSR count). The van der Waals surface area contributed by atoms with Gasteiger partial charge in [0.1, 0.15) is 6.04 Å². The van der Waals surface area contributed by atoms with Crippen LogP contribution in [-0.2, 0) is 19.1 Å². The van der Waals surface area contributed by atoms with E-state index in [2.05, 4.69) is 0 Å². The van der Waals surface area contributed by atoms with E-state index in [1.807, 2.05) is 0 Å². The molecule has 160 valence electrons. The molecule has 1 saturated heterocycles. The van der Waals surface area contributed by atoms with Gasteiger partial charge in [-0.05, 0) is 31.9 Å². The van der Waals surface area contributed by atoms with Crippen molar-refractivity contribution in [3.8, 4) is 0 Å². The van der Waals surface area contributed by atoms with Crippen LogP contribution in [0.5, 0.6) is 0 Å². The van der Waals surface area contributed by atoms with Crippen molar-refractivity contribution in [1.82, 2.24) is 9.80 Å². The number of rotatable bonds is 5. The zero-order valence-electron chi connectivity index (χ0n) is 16.0. The van der Waals surface area contributed by atoms with Crippen molar-refractivity contribution in [2.45, 2.75) is 25.8 Å². The average molecular weight is 456 g/mol. The molecule has 2 aliphatic heterocycles. The third kappa shape index (κ3) is 4.13. The number of carbonyl (C=O) groups is 5. The van der Waals surface area contributed by atoms with Crippen LogP contribution >= 0.6 is 23.2 Å². The second-order valence-corrected chi connectivity index (χ2v) is 7.95. The van der Waals surface area contributed by atoms with E-state index >= 15 is 0 Å². The Bertz CT molecular complexity index is 901. The summed E-state index contributed by atoms with van der Waals surface area (Å²) >= 11 is 11.8. The lowest BCUT2D eigenvalue weighted by molar-refractivity contribution is -0.155. The van der Waals surface area contributed by atoms with Gasteiger partial charge in [-0.25, -0.2) is 4.79 Å². The van der Waals surface area contributed by atoms with E-state index in [0.717, 1.165) is 4.90 Å². The van der Waals surface area contributed by atoms with Crippen LogP contribution in [0.4, 0.5) is 0 Å². The molecule has 0 spiro atoms. The number of likely N-dealkylation sites (tertiary alicyclic amines) is 1. The first-order valence-electron chi connectivity index (χ1n) is 9.22. The van der Waals surface area contributed by atoms with Gasteiger partial charge in [0, 0.05) is 19.0 Å². The summed E-state index contributed by atoms with van der Waals surface area (Å²) in [5.41, 5.74) is 5.35. The third-order valence-electron chi connectivity index (χ3n) is 5.28. The van der Waals surface area contributed by atoms with Crippen LogP contribution in [0.25, 0.3) is 0 Å². The summed E-state index contributed by atoms with van der Waals surface area (Å²) in [7, 11) is 0. The molecule has 0 unspecified atom stereocenters. The highest BCUT2D eigenvalue weighted by Crippen LogP contribution is 2.32. The molecule has 0 bridgehead atoms. The molecular weight excluding hydrogens is 437 g/mol. The van der Waals surface area contributed by atoms with Gasteiger partial charge in [-0.15, -0.1) is 0 Å². The molecule has 2 aliphatic rings. The summed E-state index contributed by atoms with van der Waals surface area (Å²) in [6, 6.07) is 1.30. The third-order valence-corrected chi connectivity index (χ3v) is 6.00. The number of hydrogen-bond acceptors (Lipinski definition) is 6. The van der Waals surface area contributed by atoms with E-state index in [4.69, 9.17) is 33.7 Å². The standard InChI is InChI=1S/C19H19Cl2N3O6/c1-9(24-17(27)11-6-13(20)14(21)7-12(11)18(24)28)19(29)30-8-15(25)23-4-2-10(3-5-23)16(22)26/h6-7,9-10H,2-5,8H2,1H3,(H2,22,26)/t9-/m0/s1. The lowest BCUT2D eigenvalue weighted by Gasteiger charge is -2.30. The minimum atomic E-state index is -1.25. The number of primary amides is 1. The Balaban J connectivity index is 1.59. The number of piperidine rings is 1. The Morgan fingerprint density at radius 2 is 1.60 bits per heavy atom. The van der Waals surface area contributed by atoms with Gasteiger partial charge in [0.15, 0.2) is 6.61 Å². The van der Waals surface area contributed by atoms with Crippen molar-refractivity contribution in [3.05, 3.63) is 33.3 Å². The SMILES string of the molecule is C[C@@H](C(=O)OCC(=O)N1CCC(C(N)=O)CC1)N1C(=O)c2cc(Cl)c(Cl)cc2C1=O. The topological polar surface area (TPSA) is 127 Å². The van der Waals surface area contributed by atoms with Crippen LogP contribution in [0, 0.1) is 5.92 Å². The van der Waals surface area contributed by atoms with Crippen molar-refractivity contribution in [2.75, 3.05) is 19.7 Å². The van der Waals surface area contributed by atoms with Crippen LogP contribution in [0.3, 0.4) is 0 Å². The number of hydrogen-bond donors (Lipinski definition) is 1. The molecule has 1 aromatic rings. The minimum Gasteiger partial charge on any atom is -0.454 e. The number of amides is 4. The van der Waals surface area contributed by atoms with Crippen molar-refractivity contribution in [2.24, 2.45) is 11.7 Å². The highest BCUT2D eigenvalue weighted by Gasteiger charge is 2.42. The Kier molecular flexibility index (Phi) is 6.33. The van der Waals surface area contributed by atoms with Crippen LogP contribution in [-0.4, -0.2) is 65.1 Å². The predicted octanol–water partition coefficient (Wildman–Crippen LogP) is 1.24. The van der Waals surface area contributed by atoms with E-state index in [-0.39, 0.29) is 27.1 Å². The zero-order chi connectivity index (χ0) is 22.2. The van der Waals surface area contributed by atoms with Crippen LogP contribution in [0.2, 0.25) is 10.0 Å². The second kappa shape index (κ2) is 8.61. The molecular formula is C19H19Cl2N3O6. The molecule has 4 amide bonds. The minimum absolute atomic E-state index is 0.0439. The second-order valence-electron chi connectivity index (χ2n) is 7.13. The molecule has 0 radical (unpaired) electrons. The highest BCUT2D eigenvalue weighted by atomic mass is 35.5. The van der Waals surface area contributed by atoms with Gasteiger partial charge in [-0.2, -0.15) is 0 Å². The van der Waals surface area contributed by atoms with E-state index < -0.39 is 42.2 Å². The molecule has 0 saturated carbocycles. The van der Waals surface area contributed by atoms with E-state index in [0.29, 0.717) is 25.9 Å². The maximum Gasteiger partial charge on any atom is 0.329 e. The first-order valence-corrected chi connectivity index (χ1v) is 9.98. The zero-order valence-corrected chi connectivity index (χ0v) is 17.5. The first kappa shape index (κ1) is 22.0. The van der Waals surface area contributed by atoms with Crippen molar-refractivity contribution in [3.63, 3.8) is 0 Å². The molecule has 0 aliphatic carbocycles. The molecule has 2 heterocycles. The number of ether oxygens (including phenoxy) is 1. The summed E-state index contributed by atoms with van der Waals surface area (Å²) in [5, 5.41) is 0.221. The van der Waals surface area contributed by atoms with Crippen LogP contribution in [0.1, 0.15) is 40.5 Å². The summed E-state index contributed by atoms with van der Waals surface area (Å²) in [6.45, 7) is 1.46. The quantitative estimate of drug-likeness (QED) is 0.525. The Morgan fingerprint density at radius 3 is 2.07 bits per heavy atom. The normalized spacial score (nSPS) is 17.7. The first-order chi connectivity index (χ1) is 14.1. The summed E-state index contributed by atoms with van der Waals surface area (Å²) < 4.78 is 5.03. The van der Waals surface area contributed by atoms with Gasteiger partial charge >= 0.3 is 5.97 Å².